The SMILES string of the molecule is C/C(=C/N(c1ccc(C)cc1)c1ccc(/C=C\c2ccccc2)cc1)c1ccccc1. The summed E-state index contributed by atoms with van der Waals surface area (Å²) in [5.41, 5.74) is 8.36. The first-order chi connectivity index (χ1) is 15.2. The van der Waals surface area contributed by atoms with E-state index in [1.807, 2.05) is 6.07 Å². The van der Waals surface area contributed by atoms with Gasteiger partial charge >= 0.3 is 0 Å². The van der Waals surface area contributed by atoms with Gasteiger partial charge in [0.25, 0.3) is 0 Å². The molecule has 0 aliphatic carbocycles. The fourth-order valence-corrected chi connectivity index (χ4v) is 3.48. The minimum Gasteiger partial charge on any atom is -0.317 e. The normalized spacial score (nSPS) is 11.6. The van der Waals surface area contributed by atoms with E-state index in [9.17, 15) is 0 Å². The highest BCUT2D eigenvalue weighted by atomic mass is 15.1. The van der Waals surface area contributed by atoms with Gasteiger partial charge in [-0.2, -0.15) is 0 Å². The van der Waals surface area contributed by atoms with Crippen molar-refractivity contribution in [2.24, 2.45) is 0 Å². The summed E-state index contributed by atoms with van der Waals surface area (Å²) in [7, 11) is 0. The van der Waals surface area contributed by atoms with Gasteiger partial charge in [0.15, 0.2) is 0 Å². The highest BCUT2D eigenvalue weighted by molar-refractivity contribution is 5.76. The fourth-order valence-electron chi connectivity index (χ4n) is 3.48. The molecule has 0 aliphatic heterocycles. The van der Waals surface area contributed by atoms with Crippen molar-refractivity contribution in [1.82, 2.24) is 0 Å². The lowest BCUT2D eigenvalue weighted by molar-refractivity contribution is 1.27. The van der Waals surface area contributed by atoms with E-state index in [1.165, 1.54) is 27.8 Å². The zero-order chi connectivity index (χ0) is 21.5. The lowest BCUT2D eigenvalue weighted by Gasteiger charge is -2.23. The molecule has 0 bridgehead atoms. The van der Waals surface area contributed by atoms with Crippen LogP contribution in [-0.2, 0) is 0 Å². The molecule has 31 heavy (non-hydrogen) atoms. The zero-order valence-electron chi connectivity index (χ0n) is 18.1. The summed E-state index contributed by atoms with van der Waals surface area (Å²) in [6.07, 6.45) is 6.52. The second-order valence-electron chi connectivity index (χ2n) is 7.72. The second kappa shape index (κ2) is 9.77. The predicted molar refractivity (Wildman–Crippen MR) is 135 cm³/mol. The van der Waals surface area contributed by atoms with Gasteiger partial charge in [0, 0.05) is 17.6 Å². The quantitative estimate of drug-likeness (QED) is 0.293. The molecule has 0 fully saturated rings. The first-order valence-corrected chi connectivity index (χ1v) is 10.6. The summed E-state index contributed by atoms with van der Waals surface area (Å²) in [6.45, 7) is 4.28. The molecule has 1 heteroatoms. The van der Waals surface area contributed by atoms with E-state index in [4.69, 9.17) is 0 Å². The summed E-state index contributed by atoms with van der Waals surface area (Å²) < 4.78 is 0. The molecule has 4 rings (SSSR count). The van der Waals surface area contributed by atoms with E-state index in [-0.39, 0.29) is 0 Å². The third kappa shape index (κ3) is 5.40. The van der Waals surface area contributed by atoms with Gasteiger partial charge in [-0.25, -0.2) is 0 Å². The second-order valence-corrected chi connectivity index (χ2v) is 7.72. The maximum atomic E-state index is 2.26. The van der Waals surface area contributed by atoms with Crippen LogP contribution in [0, 0.1) is 6.92 Å². The summed E-state index contributed by atoms with van der Waals surface area (Å²) in [4.78, 5) is 2.26. The summed E-state index contributed by atoms with van der Waals surface area (Å²) in [6, 6.07) is 38.3. The van der Waals surface area contributed by atoms with Gasteiger partial charge in [-0.15, -0.1) is 0 Å². The Morgan fingerprint density at radius 2 is 1.06 bits per heavy atom. The largest absolute Gasteiger partial charge is 0.317 e. The summed E-state index contributed by atoms with van der Waals surface area (Å²) >= 11 is 0. The van der Waals surface area contributed by atoms with Crippen molar-refractivity contribution in [2.45, 2.75) is 13.8 Å². The van der Waals surface area contributed by atoms with Crippen LogP contribution in [0.25, 0.3) is 17.7 Å². The van der Waals surface area contributed by atoms with Crippen molar-refractivity contribution in [3.63, 3.8) is 0 Å². The van der Waals surface area contributed by atoms with E-state index < -0.39 is 0 Å². The van der Waals surface area contributed by atoms with E-state index in [0.717, 1.165) is 11.4 Å². The Morgan fingerprint density at radius 3 is 1.65 bits per heavy atom. The van der Waals surface area contributed by atoms with E-state index in [0.29, 0.717) is 0 Å². The van der Waals surface area contributed by atoms with Crippen LogP contribution in [-0.4, -0.2) is 0 Å². The van der Waals surface area contributed by atoms with Gasteiger partial charge in [-0.05, 0) is 60.4 Å². The number of hydrogen-bond donors (Lipinski definition) is 0. The lowest BCUT2D eigenvalue weighted by atomic mass is 10.1. The molecule has 152 valence electrons. The third-order valence-corrected chi connectivity index (χ3v) is 5.30. The molecule has 4 aromatic carbocycles. The molecule has 0 aromatic heterocycles. The smallest absolute Gasteiger partial charge is 0.0456 e. The summed E-state index contributed by atoms with van der Waals surface area (Å²) in [5.74, 6) is 0. The molecule has 0 unspecified atom stereocenters. The van der Waals surface area contributed by atoms with Crippen LogP contribution in [0.1, 0.15) is 29.2 Å². The van der Waals surface area contributed by atoms with Gasteiger partial charge in [0.05, 0.1) is 0 Å². The minimum absolute atomic E-state index is 1.14. The van der Waals surface area contributed by atoms with Crippen molar-refractivity contribution >= 4 is 29.1 Å². The molecule has 1 nitrogen and oxygen atoms in total. The van der Waals surface area contributed by atoms with Crippen molar-refractivity contribution in [3.05, 3.63) is 138 Å². The molecule has 0 aliphatic rings. The Bertz CT molecular complexity index is 1150. The average Bonchev–Trinajstić information content (AvgIpc) is 2.83. The number of anilines is 2. The molecular weight excluding hydrogens is 374 g/mol. The minimum atomic E-state index is 1.14. The van der Waals surface area contributed by atoms with Crippen LogP contribution >= 0.6 is 0 Å². The van der Waals surface area contributed by atoms with E-state index in [2.05, 4.69) is 140 Å². The number of rotatable bonds is 6. The Kier molecular flexibility index (Phi) is 6.44. The van der Waals surface area contributed by atoms with Crippen LogP contribution < -0.4 is 4.90 Å². The van der Waals surface area contributed by atoms with Crippen molar-refractivity contribution in [1.29, 1.82) is 0 Å². The number of allylic oxidation sites excluding steroid dienone is 1. The maximum Gasteiger partial charge on any atom is 0.0456 e. The maximum absolute atomic E-state index is 2.26. The topological polar surface area (TPSA) is 3.24 Å². The molecule has 0 N–H and O–H groups in total. The molecule has 0 spiro atoms. The highest BCUT2D eigenvalue weighted by Crippen LogP contribution is 2.29. The Morgan fingerprint density at radius 1 is 0.581 bits per heavy atom. The monoisotopic (exact) mass is 401 g/mol. The molecular formula is C30H27N. The van der Waals surface area contributed by atoms with Gasteiger partial charge < -0.3 is 4.90 Å². The Labute approximate surface area is 185 Å². The number of aryl methyl sites for hydroxylation is 1. The molecule has 0 saturated heterocycles. The van der Waals surface area contributed by atoms with Crippen LogP contribution in [0.4, 0.5) is 11.4 Å². The van der Waals surface area contributed by atoms with Crippen LogP contribution in [0.15, 0.2) is 115 Å². The third-order valence-electron chi connectivity index (χ3n) is 5.30. The standard InChI is InChI=1S/C30H27N/c1-24-13-19-29(20-14-24)31(23-25(2)28-11-7-4-8-12-28)30-21-17-27(18-22-30)16-15-26-9-5-3-6-10-26/h3-23H,1-2H3/b16-15-,25-23-. The van der Waals surface area contributed by atoms with Crippen molar-refractivity contribution in [2.75, 3.05) is 4.90 Å². The van der Waals surface area contributed by atoms with E-state index in [1.54, 1.807) is 0 Å². The molecule has 0 saturated carbocycles. The number of nitrogens with zero attached hydrogens (tertiary/aromatic N) is 1. The van der Waals surface area contributed by atoms with Crippen LogP contribution in [0.5, 0.6) is 0 Å². The molecule has 0 heterocycles. The highest BCUT2D eigenvalue weighted by Gasteiger charge is 2.08. The van der Waals surface area contributed by atoms with Gasteiger partial charge in [-0.3, -0.25) is 0 Å². The first-order valence-electron chi connectivity index (χ1n) is 10.6. The number of benzene rings is 4. The van der Waals surface area contributed by atoms with Crippen molar-refractivity contribution < 1.29 is 0 Å². The molecule has 0 atom stereocenters. The van der Waals surface area contributed by atoms with Gasteiger partial charge in [0.2, 0.25) is 0 Å². The average molecular weight is 402 g/mol. The lowest BCUT2D eigenvalue weighted by Crippen LogP contribution is -2.09. The first kappa shape index (κ1) is 20.4. The summed E-state index contributed by atoms with van der Waals surface area (Å²) in [5, 5.41) is 0. The Balaban J connectivity index is 1.65. The Hall–Kier alpha value is -3.84. The molecule has 0 radical (unpaired) electrons. The van der Waals surface area contributed by atoms with Crippen molar-refractivity contribution in [3.8, 4) is 0 Å². The number of hydrogen-bond acceptors (Lipinski definition) is 1. The van der Waals surface area contributed by atoms with Crippen LogP contribution in [0.2, 0.25) is 0 Å². The van der Waals surface area contributed by atoms with Gasteiger partial charge in [0.1, 0.15) is 0 Å². The fraction of sp³-hybridized carbons (Fsp3) is 0.0667. The van der Waals surface area contributed by atoms with Crippen LogP contribution in [0.3, 0.4) is 0 Å². The molecule has 0 amide bonds. The molecule has 4 aromatic rings. The van der Waals surface area contributed by atoms with E-state index >= 15 is 0 Å². The van der Waals surface area contributed by atoms with Gasteiger partial charge in [-0.1, -0.05) is 103 Å². The zero-order valence-corrected chi connectivity index (χ0v) is 18.1. The predicted octanol–water partition coefficient (Wildman–Crippen LogP) is 8.36.